The zero-order valence-electron chi connectivity index (χ0n) is 11.3. The first-order valence-electron chi connectivity index (χ1n) is 6.14. The highest BCUT2D eigenvalue weighted by Crippen LogP contribution is 2.19. The Bertz CT molecular complexity index is 460. The number of carboxylic acids is 1. The lowest BCUT2D eigenvalue weighted by Gasteiger charge is -2.10. The Hall–Kier alpha value is -1.49. The number of hydrogen-bond donors (Lipinski definition) is 2. The van der Waals surface area contributed by atoms with Gasteiger partial charge in [-0.05, 0) is 30.5 Å². The number of hydrogen-bond acceptors (Lipinski definition) is 3. The number of aliphatic carboxylic acids is 1. The van der Waals surface area contributed by atoms with Crippen LogP contribution in [0, 0.1) is 0 Å². The molecule has 0 radical (unpaired) electrons. The van der Waals surface area contributed by atoms with Gasteiger partial charge in [0.25, 0.3) is 0 Å². The molecule has 0 fully saturated rings. The normalized spacial score (nSPS) is 12.2. The van der Waals surface area contributed by atoms with Crippen molar-refractivity contribution in [1.82, 2.24) is 0 Å². The van der Waals surface area contributed by atoms with Crippen LogP contribution in [0.3, 0.4) is 0 Å². The van der Waals surface area contributed by atoms with Gasteiger partial charge in [0.15, 0.2) is 0 Å². The zero-order chi connectivity index (χ0) is 14.4. The molecular weight excluding hydrogens is 262 g/mol. The highest BCUT2D eigenvalue weighted by molar-refractivity contribution is 8.01. The summed E-state index contributed by atoms with van der Waals surface area (Å²) in [5, 5.41) is 10.9. The second kappa shape index (κ2) is 7.19. The molecule has 19 heavy (non-hydrogen) atoms. The van der Waals surface area contributed by atoms with Crippen molar-refractivity contribution in [2.45, 2.75) is 31.9 Å². The van der Waals surface area contributed by atoms with Gasteiger partial charge in [0.2, 0.25) is 5.91 Å². The van der Waals surface area contributed by atoms with Crippen molar-refractivity contribution in [3.05, 3.63) is 29.8 Å². The fraction of sp³-hybridized carbons (Fsp3) is 0.429. The topological polar surface area (TPSA) is 66.4 Å². The first-order valence-corrected chi connectivity index (χ1v) is 7.19. The third-order valence-electron chi connectivity index (χ3n) is 2.65. The summed E-state index contributed by atoms with van der Waals surface area (Å²) in [6.45, 7) is 5.75. The van der Waals surface area contributed by atoms with Crippen LogP contribution in [0.1, 0.15) is 32.3 Å². The second-order valence-corrected chi connectivity index (χ2v) is 5.95. The number of amides is 1. The summed E-state index contributed by atoms with van der Waals surface area (Å²) in [4.78, 5) is 22.3. The average Bonchev–Trinajstić information content (AvgIpc) is 2.36. The van der Waals surface area contributed by atoms with Gasteiger partial charge in [0, 0.05) is 5.69 Å². The van der Waals surface area contributed by atoms with E-state index in [1.165, 1.54) is 0 Å². The molecule has 5 heteroatoms. The molecule has 0 aromatic heterocycles. The fourth-order valence-corrected chi connectivity index (χ4v) is 2.06. The van der Waals surface area contributed by atoms with Crippen molar-refractivity contribution in [3.63, 3.8) is 0 Å². The van der Waals surface area contributed by atoms with Gasteiger partial charge in [-0.1, -0.05) is 26.0 Å². The molecule has 0 heterocycles. The van der Waals surface area contributed by atoms with Crippen LogP contribution in [-0.4, -0.2) is 28.0 Å². The van der Waals surface area contributed by atoms with E-state index in [1.807, 2.05) is 24.3 Å². The summed E-state index contributed by atoms with van der Waals surface area (Å²) in [6.07, 6.45) is 0. The Balaban J connectivity index is 2.53. The summed E-state index contributed by atoms with van der Waals surface area (Å²) in [5.41, 5.74) is 1.91. The van der Waals surface area contributed by atoms with Crippen LogP contribution in [-0.2, 0) is 9.59 Å². The van der Waals surface area contributed by atoms with E-state index >= 15 is 0 Å². The summed E-state index contributed by atoms with van der Waals surface area (Å²) >= 11 is 1.11. The van der Waals surface area contributed by atoms with E-state index in [2.05, 4.69) is 19.2 Å². The smallest absolute Gasteiger partial charge is 0.316 e. The minimum Gasteiger partial charge on any atom is -0.480 e. The predicted octanol–water partition coefficient (Wildman–Crippen LogP) is 2.95. The van der Waals surface area contributed by atoms with Crippen LogP contribution in [0.2, 0.25) is 0 Å². The molecule has 0 aliphatic carbocycles. The van der Waals surface area contributed by atoms with Gasteiger partial charge in [0.1, 0.15) is 0 Å². The molecule has 2 N–H and O–H groups in total. The molecule has 0 aliphatic rings. The Kier molecular flexibility index (Phi) is 5.89. The van der Waals surface area contributed by atoms with Crippen molar-refractivity contribution in [1.29, 1.82) is 0 Å². The lowest BCUT2D eigenvalue weighted by molar-refractivity contribution is -0.136. The Labute approximate surface area is 117 Å². The molecular formula is C14H19NO3S. The maximum atomic E-state index is 11.7. The first-order chi connectivity index (χ1) is 8.90. The summed E-state index contributed by atoms with van der Waals surface area (Å²) in [7, 11) is 0. The van der Waals surface area contributed by atoms with Crippen molar-refractivity contribution >= 4 is 29.3 Å². The van der Waals surface area contributed by atoms with Crippen LogP contribution < -0.4 is 5.32 Å². The van der Waals surface area contributed by atoms with E-state index in [1.54, 1.807) is 6.92 Å². The van der Waals surface area contributed by atoms with Crippen molar-refractivity contribution < 1.29 is 14.7 Å². The monoisotopic (exact) mass is 281 g/mol. The van der Waals surface area contributed by atoms with Crippen molar-refractivity contribution in [2.75, 3.05) is 11.1 Å². The number of rotatable bonds is 6. The zero-order valence-corrected chi connectivity index (χ0v) is 12.2. The highest BCUT2D eigenvalue weighted by Gasteiger charge is 2.13. The fourth-order valence-electron chi connectivity index (χ4n) is 1.44. The molecule has 1 amide bonds. The van der Waals surface area contributed by atoms with Crippen molar-refractivity contribution in [2.24, 2.45) is 0 Å². The summed E-state index contributed by atoms with van der Waals surface area (Å²) in [5.74, 6) is -0.545. The molecule has 0 saturated heterocycles. The lowest BCUT2D eigenvalue weighted by atomic mass is 10.0. The number of thioether (sulfide) groups is 1. The van der Waals surface area contributed by atoms with Gasteiger partial charge < -0.3 is 10.4 Å². The van der Waals surface area contributed by atoms with Gasteiger partial charge in [-0.15, -0.1) is 11.8 Å². The van der Waals surface area contributed by atoms with Crippen LogP contribution in [0.15, 0.2) is 24.3 Å². The summed E-state index contributed by atoms with van der Waals surface area (Å²) < 4.78 is 0. The quantitative estimate of drug-likeness (QED) is 0.841. The standard InChI is InChI=1S/C14H19NO3S/c1-9(2)11-5-4-6-12(7-11)15-13(16)8-19-10(3)14(17)18/h4-7,9-10H,8H2,1-3H3,(H,15,16)(H,17,18). The van der Waals surface area contributed by atoms with E-state index in [0.29, 0.717) is 5.92 Å². The molecule has 1 aromatic carbocycles. The van der Waals surface area contributed by atoms with E-state index in [0.717, 1.165) is 23.0 Å². The SMILES string of the molecule is CC(SCC(=O)Nc1cccc(C(C)C)c1)C(=O)O. The maximum absolute atomic E-state index is 11.7. The Morgan fingerprint density at radius 2 is 2.00 bits per heavy atom. The van der Waals surface area contributed by atoms with Gasteiger partial charge in [-0.2, -0.15) is 0 Å². The molecule has 1 unspecified atom stereocenters. The van der Waals surface area contributed by atoms with Crippen LogP contribution in [0.4, 0.5) is 5.69 Å². The van der Waals surface area contributed by atoms with Crippen LogP contribution in [0.25, 0.3) is 0 Å². The van der Waals surface area contributed by atoms with Gasteiger partial charge in [-0.3, -0.25) is 9.59 Å². The van der Waals surface area contributed by atoms with Gasteiger partial charge >= 0.3 is 5.97 Å². The van der Waals surface area contributed by atoms with Crippen LogP contribution in [0.5, 0.6) is 0 Å². The number of carboxylic acid groups (broad SMARTS) is 1. The number of benzene rings is 1. The molecule has 1 atom stereocenters. The molecule has 104 valence electrons. The number of carbonyl (C=O) groups is 2. The molecule has 1 rings (SSSR count). The third kappa shape index (κ3) is 5.34. The van der Waals surface area contributed by atoms with Crippen molar-refractivity contribution in [3.8, 4) is 0 Å². The number of anilines is 1. The Morgan fingerprint density at radius 3 is 2.58 bits per heavy atom. The molecule has 0 aliphatic heterocycles. The van der Waals surface area contributed by atoms with E-state index in [9.17, 15) is 9.59 Å². The molecule has 1 aromatic rings. The second-order valence-electron chi connectivity index (χ2n) is 4.62. The van der Waals surface area contributed by atoms with Crippen LogP contribution >= 0.6 is 11.8 Å². The predicted molar refractivity (Wildman–Crippen MR) is 78.7 cm³/mol. The molecule has 0 spiro atoms. The third-order valence-corrected chi connectivity index (χ3v) is 3.78. The molecule has 4 nitrogen and oxygen atoms in total. The van der Waals surface area contributed by atoms with Gasteiger partial charge in [-0.25, -0.2) is 0 Å². The number of carbonyl (C=O) groups excluding carboxylic acids is 1. The van der Waals surface area contributed by atoms with Gasteiger partial charge in [0.05, 0.1) is 11.0 Å². The van der Waals surface area contributed by atoms with E-state index in [4.69, 9.17) is 5.11 Å². The molecule has 0 saturated carbocycles. The highest BCUT2D eigenvalue weighted by atomic mass is 32.2. The molecule has 0 bridgehead atoms. The number of nitrogens with one attached hydrogen (secondary N) is 1. The first kappa shape index (κ1) is 15.6. The average molecular weight is 281 g/mol. The maximum Gasteiger partial charge on any atom is 0.316 e. The Morgan fingerprint density at radius 1 is 1.32 bits per heavy atom. The largest absolute Gasteiger partial charge is 0.480 e. The minimum atomic E-state index is -0.903. The van der Waals surface area contributed by atoms with E-state index in [-0.39, 0.29) is 11.7 Å². The minimum absolute atomic E-state index is 0.138. The lowest BCUT2D eigenvalue weighted by Crippen LogP contribution is -2.19. The summed E-state index contributed by atoms with van der Waals surface area (Å²) in [6, 6.07) is 7.68. The van der Waals surface area contributed by atoms with E-state index < -0.39 is 11.2 Å².